The number of hydrogen-bond acceptors (Lipinski definition) is 4. The molecule has 4 nitrogen and oxygen atoms in total. The van der Waals surface area contributed by atoms with Crippen molar-refractivity contribution < 1.29 is 4.79 Å². The monoisotopic (exact) mass is 371 g/mol. The van der Waals surface area contributed by atoms with Crippen LogP contribution in [0.5, 0.6) is 0 Å². The number of thiophene rings is 1. The van der Waals surface area contributed by atoms with E-state index in [1.165, 1.54) is 11.8 Å². The second-order valence-corrected chi connectivity index (χ2v) is 7.31. The molecule has 0 atom stereocenters. The molecular weight excluding hydrogens is 361 g/mol. The van der Waals surface area contributed by atoms with Gasteiger partial charge in [0.05, 0.1) is 22.8 Å². The highest BCUT2D eigenvalue weighted by atomic mass is 35.5. The second kappa shape index (κ2) is 6.91. The first-order valence-corrected chi connectivity index (χ1v) is 9.00. The van der Waals surface area contributed by atoms with Crippen LogP contribution >= 0.6 is 46.3 Å². The fourth-order valence-corrected chi connectivity index (χ4v) is 3.76. The summed E-state index contributed by atoms with van der Waals surface area (Å²) in [5.41, 5.74) is 1.42. The molecule has 3 aromatic rings. The molecule has 1 aromatic carbocycles. The SMILES string of the molecule is O=C(CSc1nc2c(Cl)cc(Cl)cc2[nH]1)NCc1cccs1. The Morgan fingerprint density at radius 2 is 2.27 bits per heavy atom. The van der Waals surface area contributed by atoms with Crippen molar-refractivity contribution in [1.29, 1.82) is 0 Å². The van der Waals surface area contributed by atoms with E-state index in [1.54, 1.807) is 23.5 Å². The quantitative estimate of drug-likeness (QED) is 0.655. The van der Waals surface area contributed by atoms with Crippen LogP contribution in [0.25, 0.3) is 11.0 Å². The lowest BCUT2D eigenvalue weighted by Gasteiger charge is -2.01. The fraction of sp³-hybridized carbons (Fsp3) is 0.143. The summed E-state index contributed by atoms with van der Waals surface area (Å²) in [4.78, 5) is 20.4. The van der Waals surface area contributed by atoms with Crippen LogP contribution in [0.4, 0.5) is 0 Å². The van der Waals surface area contributed by atoms with Crippen molar-refractivity contribution in [3.8, 4) is 0 Å². The highest BCUT2D eigenvalue weighted by Gasteiger charge is 2.10. The summed E-state index contributed by atoms with van der Waals surface area (Å²) in [6, 6.07) is 7.36. The van der Waals surface area contributed by atoms with Crippen molar-refractivity contribution in [3.05, 3.63) is 44.6 Å². The van der Waals surface area contributed by atoms with E-state index in [0.717, 1.165) is 10.4 Å². The fourth-order valence-electron chi connectivity index (χ4n) is 1.87. The van der Waals surface area contributed by atoms with Crippen molar-refractivity contribution >= 4 is 63.2 Å². The minimum absolute atomic E-state index is 0.0389. The van der Waals surface area contributed by atoms with Crippen LogP contribution in [-0.4, -0.2) is 21.6 Å². The maximum Gasteiger partial charge on any atom is 0.230 e. The van der Waals surface area contributed by atoms with Gasteiger partial charge in [-0.15, -0.1) is 11.3 Å². The van der Waals surface area contributed by atoms with Gasteiger partial charge in [0.15, 0.2) is 5.16 Å². The number of rotatable bonds is 5. The van der Waals surface area contributed by atoms with Crippen molar-refractivity contribution in [2.45, 2.75) is 11.7 Å². The largest absolute Gasteiger partial charge is 0.350 e. The number of nitrogens with zero attached hydrogens (tertiary/aromatic N) is 1. The number of halogens is 2. The van der Waals surface area contributed by atoms with E-state index in [2.05, 4.69) is 15.3 Å². The normalized spacial score (nSPS) is 11.0. The zero-order valence-corrected chi connectivity index (χ0v) is 14.4. The van der Waals surface area contributed by atoms with E-state index < -0.39 is 0 Å². The molecule has 0 spiro atoms. The molecule has 8 heteroatoms. The summed E-state index contributed by atoms with van der Waals surface area (Å²) in [7, 11) is 0. The van der Waals surface area contributed by atoms with Gasteiger partial charge in [-0.25, -0.2) is 4.98 Å². The number of fused-ring (bicyclic) bond motifs is 1. The van der Waals surface area contributed by atoms with Crippen LogP contribution in [-0.2, 0) is 11.3 Å². The smallest absolute Gasteiger partial charge is 0.230 e. The van der Waals surface area contributed by atoms with Crippen molar-refractivity contribution in [3.63, 3.8) is 0 Å². The van der Waals surface area contributed by atoms with Gasteiger partial charge in [-0.2, -0.15) is 0 Å². The average molecular weight is 372 g/mol. The highest BCUT2D eigenvalue weighted by Crippen LogP contribution is 2.28. The number of benzene rings is 1. The Kier molecular flexibility index (Phi) is 4.93. The summed E-state index contributed by atoms with van der Waals surface area (Å²) >= 11 is 15.0. The number of hydrogen-bond donors (Lipinski definition) is 2. The molecule has 2 aromatic heterocycles. The van der Waals surface area contributed by atoms with Crippen LogP contribution in [0.2, 0.25) is 10.0 Å². The van der Waals surface area contributed by atoms with Crippen LogP contribution < -0.4 is 5.32 Å². The van der Waals surface area contributed by atoms with E-state index >= 15 is 0 Å². The predicted octanol–water partition coefficient (Wildman–Crippen LogP) is 4.34. The Bertz CT molecular complexity index is 802. The summed E-state index contributed by atoms with van der Waals surface area (Å²) in [6.07, 6.45) is 0. The Labute approximate surface area is 145 Å². The van der Waals surface area contributed by atoms with E-state index in [9.17, 15) is 4.79 Å². The number of aromatic nitrogens is 2. The molecule has 0 bridgehead atoms. The van der Waals surface area contributed by atoms with Crippen LogP contribution in [0, 0.1) is 0 Å². The third-order valence-electron chi connectivity index (χ3n) is 2.86. The van der Waals surface area contributed by atoms with Crippen LogP contribution in [0.15, 0.2) is 34.8 Å². The number of imidazole rings is 1. The third-order valence-corrected chi connectivity index (χ3v) is 5.12. The van der Waals surface area contributed by atoms with E-state index in [1.807, 2.05) is 17.5 Å². The van der Waals surface area contributed by atoms with Crippen LogP contribution in [0.3, 0.4) is 0 Å². The van der Waals surface area contributed by atoms with Gasteiger partial charge in [0.1, 0.15) is 5.52 Å². The first-order chi connectivity index (χ1) is 10.6. The van der Waals surface area contributed by atoms with Gasteiger partial charge in [0, 0.05) is 9.90 Å². The standard InChI is InChI=1S/C14H11Cl2N3OS2/c15-8-4-10(16)13-11(5-8)18-14(19-13)22-7-12(20)17-6-9-2-1-3-21-9/h1-5H,6-7H2,(H,17,20)(H,18,19). The van der Waals surface area contributed by atoms with Gasteiger partial charge in [0.25, 0.3) is 0 Å². The number of thioether (sulfide) groups is 1. The van der Waals surface area contributed by atoms with Crippen molar-refractivity contribution in [1.82, 2.24) is 15.3 Å². The summed E-state index contributed by atoms with van der Waals surface area (Å²) in [6.45, 7) is 0.554. The molecule has 114 valence electrons. The maximum absolute atomic E-state index is 11.8. The Hall–Kier alpha value is -1.21. The molecule has 0 saturated carbocycles. The molecule has 0 unspecified atom stereocenters. The lowest BCUT2D eigenvalue weighted by molar-refractivity contribution is -0.118. The zero-order valence-electron chi connectivity index (χ0n) is 11.2. The number of carbonyl (C=O) groups excluding carboxylic acids is 1. The number of H-pyrrole nitrogens is 1. The van der Waals surface area contributed by atoms with E-state index in [4.69, 9.17) is 23.2 Å². The van der Waals surface area contributed by atoms with Gasteiger partial charge in [-0.05, 0) is 23.6 Å². The molecule has 0 fully saturated rings. The molecule has 2 heterocycles. The summed E-state index contributed by atoms with van der Waals surface area (Å²) in [5.74, 6) is 0.249. The molecule has 0 aliphatic carbocycles. The Morgan fingerprint density at radius 1 is 1.41 bits per heavy atom. The molecule has 0 radical (unpaired) electrons. The Morgan fingerprint density at radius 3 is 3.05 bits per heavy atom. The van der Waals surface area contributed by atoms with Gasteiger partial charge >= 0.3 is 0 Å². The van der Waals surface area contributed by atoms with Crippen LogP contribution in [0.1, 0.15) is 4.88 Å². The minimum Gasteiger partial charge on any atom is -0.350 e. The molecule has 0 aliphatic heterocycles. The van der Waals surface area contributed by atoms with Crippen molar-refractivity contribution in [2.75, 3.05) is 5.75 Å². The molecule has 2 N–H and O–H groups in total. The number of amides is 1. The highest BCUT2D eigenvalue weighted by molar-refractivity contribution is 7.99. The molecule has 1 amide bonds. The Balaban J connectivity index is 1.59. The lowest BCUT2D eigenvalue weighted by Crippen LogP contribution is -2.24. The minimum atomic E-state index is -0.0389. The number of carbonyl (C=O) groups is 1. The van der Waals surface area contributed by atoms with Crippen molar-refractivity contribution in [2.24, 2.45) is 0 Å². The summed E-state index contributed by atoms with van der Waals surface area (Å²) < 4.78 is 0. The van der Waals surface area contributed by atoms with E-state index in [0.29, 0.717) is 27.3 Å². The van der Waals surface area contributed by atoms with E-state index in [-0.39, 0.29) is 11.7 Å². The number of nitrogens with one attached hydrogen (secondary N) is 2. The maximum atomic E-state index is 11.8. The topological polar surface area (TPSA) is 57.8 Å². The third kappa shape index (κ3) is 3.76. The molecule has 0 saturated heterocycles. The van der Waals surface area contributed by atoms with Gasteiger partial charge in [-0.1, -0.05) is 41.0 Å². The van der Waals surface area contributed by atoms with Gasteiger partial charge in [0.2, 0.25) is 5.91 Å². The molecule has 22 heavy (non-hydrogen) atoms. The molecular formula is C14H11Cl2N3OS2. The molecule has 0 aliphatic rings. The zero-order chi connectivity index (χ0) is 15.5. The lowest BCUT2D eigenvalue weighted by atomic mass is 10.3. The predicted molar refractivity (Wildman–Crippen MR) is 93.0 cm³/mol. The van der Waals surface area contributed by atoms with Gasteiger partial charge in [-0.3, -0.25) is 4.79 Å². The van der Waals surface area contributed by atoms with Gasteiger partial charge < -0.3 is 10.3 Å². The second-order valence-electron chi connectivity index (χ2n) is 4.47. The first-order valence-electron chi connectivity index (χ1n) is 6.38. The average Bonchev–Trinajstić information content (AvgIpc) is 3.11. The molecule has 3 rings (SSSR count). The number of aromatic amines is 1. The summed E-state index contributed by atoms with van der Waals surface area (Å²) in [5, 5.41) is 6.54. The first kappa shape index (κ1) is 15.7.